The number of aryl methyl sites for hydroxylation is 1. The third-order valence-electron chi connectivity index (χ3n) is 3.57. The third-order valence-corrected chi connectivity index (χ3v) is 4.78. The monoisotopic (exact) mass is 365 g/mol. The molecule has 0 saturated heterocycles. The lowest BCUT2D eigenvalue weighted by atomic mass is 9.96. The molecule has 0 spiro atoms. The Morgan fingerprint density at radius 1 is 1.10 bits per heavy atom. The van der Waals surface area contributed by atoms with Crippen molar-refractivity contribution in [3.05, 3.63) is 68.7 Å². The highest BCUT2D eigenvalue weighted by atomic mass is 79.9. The van der Waals surface area contributed by atoms with Crippen LogP contribution in [-0.2, 0) is 6.42 Å². The molecule has 0 saturated carbocycles. The zero-order chi connectivity index (χ0) is 15.2. The van der Waals surface area contributed by atoms with Gasteiger partial charge in [0.25, 0.3) is 0 Å². The second kappa shape index (κ2) is 7.98. The van der Waals surface area contributed by atoms with E-state index in [4.69, 9.17) is 11.6 Å². The molecule has 0 amide bonds. The molecule has 0 bridgehead atoms. The first-order valence-corrected chi connectivity index (χ1v) is 8.60. The van der Waals surface area contributed by atoms with Gasteiger partial charge in [-0.3, -0.25) is 0 Å². The minimum absolute atomic E-state index is 0.199. The predicted octanol–water partition coefficient (Wildman–Crippen LogP) is 5.75. The van der Waals surface area contributed by atoms with E-state index in [0.717, 1.165) is 28.9 Å². The van der Waals surface area contributed by atoms with Crippen LogP contribution >= 0.6 is 27.5 Å². The van der Waals surface area contributed by atoms with Gasteiger partial charge in [0, 0.05) is 4.47 Å². The van der Waals surface area contributed by atoms with E-state index >= 15 is 0 Å². The molecule has 1 unspecified atom stereocenters. The standard InChI is InChI=1S/C18H21BrClN/c1-3-10-21-18(14-7-5-6-13(4-2)11-14)15-8-9-17(20)16(19)12-15/h5-9,11-12,18,21H,3-4,10H2,1-2H3. The highest BCUT2D eigenvalue weighted by molar-refractivity contribution is 9.10. The smallest absolute Gasteiger partial charge is 0.0577 e. The topological polar surface area (TPSA) is 12.0 Å². The third kappa shape index (κ3) is 4.32. The molecule has 2 aromatic carbocycles. The molecular weight excluding hydrogens is 346 g/mol. The number of hydrogen-bond acceptors (Lipinski definition) is 1. The van der Waals surface area contributed by atoms with E-state index in [-0.39, 0.29) is 6.04 Å². The average Bonchev–Trinajstić information content (AvgIpc) is 2.51. The van der Waals surface area contributed by atoms with E-state index in [9.17, 15) is 0 Å². The lowest BCUT2D eigenvalue weighted by Gasteiger charge is -2.21. The van der Waals surface area contributed by atoms with E-state index in [1.54, 1.807) is 0 Å². The summed E-state index contributed by atoms with van der Waals surface area (Å²) in [6.07, 6.45) is 2.16. The van der Waals surface area contributed by atoms with Crippen molar-refractivity contribution in [1.29, 1.82) is 0 Å². The van der Waals surface area contributed by atoms with Gasteiger partial charge < -0.3 is 5.32 Å². The van der Waals surface area contributed by atoms with Crippen molar-refractivity contribution in [2.45, 2.75) is 32.7 Å². The van der Waals surface area contributed by atoms with E-state index in [1.807, 2.05) is 6.07 Å². The van der Waals surface area contributed by atoms with Crippen LogP contribution in [0.25, 0.3) is 0 Å². The van der Waals surface area contributed by atoms with Crippen molar-refractivity contribution < 1.29 is 0 Å². The highest BCUT2D eigenvalue weighted by Gasteiger charge is 2.14. The van der Waals surface area contributed by atoms with Gasteiger partial charge in [-0.15, -0.1) is 0 Å². The molecule has 2 rings (SSSR count). The van der Waals surface area contributed by atoms with Gasteiger partial charge in [-0.05, 0) is 64.1 Å². The minimum Gasteiger partial charge on any atom is -0.306 e. The summed E-state index contributed by atoms with van der Waals surface area (Å²) < 4.78 is 0.941. The Kier molecular flexibility index (Phi) is 6.28. The van der Waals surface area contributed by atoms with E-state index in [0.29, 0.717) is 0 Å². The van der Waals surface area contributed by atoms with Gasteiger partial charge in [0.1, 0.15) is 0 Å². The highest BCUT2D eigenvalue weighted by Crippen LogP contribution is 2.29. The molecule has 21 heavy (non-hydrogen) atoms. The average molecular weight is 367 g/mol. The number of hydrogen-bond donors (Lipinski definition) is 1. The molecule has 0 aliphatic heterocycles. The van der Waals surface area contributed by atoms with Crippen LogP contribution in [0, 0.1) is 0 Å². The SMILES string of the molecule is CCCNC(c1cccc(CC)c1)c1ccc(Cl)c(Br)c1. The fraction of sp³-hybridized carbons (Fsp3) is 0.333. The molecule has 1 nitrogen and oxygen atoms in total. The molecule has 2 aromatic rings. The first kappa shape index (κ1) is 16.5. The lowest BCUT2D eigenvalue weighted by molar-refractivity contribution is 0.598. The second-order valence-electron chi connectivity index (χ2n) is 5.16. The van der Waals surface area contributed by atoms with Gasteiger partial charge in [0.05, 0.1) is 11.1 Å². The maximum atomic E-state index is 6.12. The predicted molar refractivity (Wildman–Crippen MR) is 95.1 cm³/mol. The fourth-order valence-corrected chi connectivity index (χ4v) is 2.92. The minimum atomic E-state index is 0.199. The van der Waals surface area contributed by atoms with Gasteiger partial charge >= 0.3 is 0 Å². The summed E-state index contributed by atoms with van der Waals surface area (Å²) in [4.78, 5) is 0. The van der Waals surface area contributed by atoms with Crippen molar-refractivity contribution in [2.24, 2.45) is 0 Å². The van der Waals surface area contributed by atoms with E-state index in [2.05, 4.69) is 71.5 Å². The molecule has 0 radical (unpaired) electrons. The largest absolute Gasteiger partial charge is 0.306 e. The summed E-state index contributed by atoms with van der Waals surface area (Å²) in [5.74, 6) is 0. The molecule has 1 atom stereocenters. The van der Waals surface area contributed by atoms with Crippen LogP contribution in [0.3, 0.4) is 0 Å². The summed E-state index contributed by atoms with van der Waals surface area (Å²) in [5.41, 5.74) is 3.90. The Hall–Kier alpha value is -0.830. The van der Waals surface area contributed by atoms with E-state index < -0.39 is 0 Å². The van der Waals surface area contributed by atoms with Gasteiger partial charge in [-0.1, -0.05) is 55.8 Å². The lowest BCUT2D eigenvalue weighted by Crippen LogP contribution is -2.23. The van der Waals surface area contributed by atoms with Crippen molar-refractivity contribution in [3.63, 3.8) is 0 Å². The molecular formula is C18H21BrClN. The molecule has 3 heteroatoms. The van der Waals surface area contributed by atoms with E-state index in [1.165, 1.54) is 16.7 Å². The van der Waals surface area contributed by atoms with Crippen LogP contribution < -0.4 is 5.32 Å². The van der Waals surface area contributed by atoms with Gasteiger partial charge in [-0.2, -0.15) is 0 Å². The van der Waals surface area contributed by atoms with Crippen LogP contribution in [0.5, 0.6) is 0 Å². The molecule has 0 aromatic heterocycles. The second-order valence-corrected chi connectivity index (χ2v) is 6.42. The van der Waals surface area contributed by atoms with Crippen LogP contribution in [0.15, 0.2) is 46.9 Å². The Morgan fingerprint density at radius 2 is 1.86 bits per heavy atom. The first-order valence-electron chi connectivity index (χ1n) is 7.42. The molecule has 0 heterocycles. The normalized spacial score (nSPS) is 12.4. The zero-order valence-corrected chi connectivity index (χ0v) is 14.8. The zero-order valence-electron chi connectivity index (χ0n) is 12.5. The maximum absolute atomic E-state index is 6.12. The summed E-state index contributed by atoms with van der Waals surface area (Å²) in [5, 5.41) is 4.38. The fourth-order valence-electron chi connectivity index (χ4n) is 2.40. The number of benzene rings is 2. The quantitative estimate of drug-likeness (QED) is 0.686. The Labute approximate surface area is 140 Å². The summed E-state index contributed by atoms with van der Waals surface area (Å²) in [7, 11) is 0. The van der Waals surface area contributed by atoms with Crippen LogP contribution in [0.4, 0.5) is 0 Å². The van der Waals surface area contributed by atoms with Crippen molar-refractivity contribution in [2.75, 3.05) is 6.54 Å². The van der Waals surface area contributed by atoms with Crippen molar-refractivity contribution in [3.8, 4) is 0 Å². The summed E-state index contributed by atoms with van der Waals surface area (Å²) >= 11 is 9.64. The Balaban J connectivity index is 2.38. The number of nitrogens with one attached hydrogen (secondary N) is 1. The summed E-state index contributed by atoms with van der Waals surface area (Å²) in [6, 6.07) is 15.1. The van der Waals surface area contributed by atoms with Crippen LogP contribution in [0.1, 0.15) is 43.0 Å². The molecule has 0 aliphatic rings. The van der Waals surface area contributed by atoms with Crippen LogP contribution in [-0.4, -0.2) is 6.54 Å². The van der Waals surface area contributed by atoms with Crippen LogP contribution in [0.2, 0.25) is 5.02 Å². The van der Waals surface area contributed by atoms with Crippen molar-refractivity contribution in [1.82, 2.24) is 5.32 Å². The van der Waals surface area contributed by atoms with Crippen molar-refractivity contribution >= 4 is 27.5 Å². The maximum Gasteiger partial charge on any atom is 0.0577 e. The number of halogens is 2. The van der Waals surface area contributed by atoms with Gasteiger partial charge in [0.15, 0.2) is 0 Å². The molecule has 1 N–H and O–H groups in total. The Morgan fingerprint density at radius 3 is 2.52 bits per heavy atom. The Bertz CT molecular complexity index is 598. The van der Waals surface area contributed by atoms with Gasteiger partial charge in [-0.25, -0.2) is 0 Å². The molecule has 0 aliphatic carbocycles. The molecule has 0 fully saturated rings. The van der Waals surface area contributed by atoms with Gasteiger partial charge in [0.2, 0.25) is 0 Å². The summed E-state index contributed by atoms with van der Waals surface area (Å²) in [6.45, 7) is 5.36. The number of rotatable bonds is 6. The molecule has 112 valence electrons. The first-order chi connectivity index (χ1) is 10.2.